The van der Waals surface area contributed by atoms with Gasteiger partial charge < -0.3 is 5.11 Å². The molecular formula is C21H15FN2O3S. The van der Waals surface area contributed by atoms with Crippen molar-refractivity contribution in [3.8, 4) is 0 Å². The lowest BCUT2D eigenvalue weighted by atomic mass is 9.95. The highest BCUT2D eigenvalue weighted by Crippen LogP contribution is 2.41. The minimum absolute atomic E-state index is 0.0395. The number of aryl methyl sites for hydroxylation is 1. The lowest BCUT2D eigenvalue weighted by Crippen LogP contribution is -2.31. The number of aliphatic hydroxyl groups is 1. The average Bonchev–Trinajstić information content (AvgIpc) is 3.30. The summed E-state index contributed by atoms with van der Waals surface area (Å²) >= 11 is 1.22. The summed E-state index contributed by atoms with van der Waals surface area (Å²) in [5, 5.41) is 12.3. The number of thiophene rings is 1. The van der Waals surface area contributed by atoms with E-state index in [0.717, 1.165) is 0 Å². The number of halogens is 1. The summed E-state index contributed by atoms with van der Waals surface area (Å²) in [6.07, 6.45) is 0. The number of nitrogens with zero attached hydrogens (tertiary/aromatic N) is 2. The van der Waals surface area contributed by atoms with Crippen LogP contribution in [0, 0.1) is 12.7 Å². The van der Waals surface area contributed by atoms with Crippen molar-refractivity contribution < 1.29 is 19.1 Å². The fourth-order valence-electron chi connectivity index (χ4n) is 3.24. The summed E-state index contributed by atoms with van der Waals surface area (Å²) < 4.78 is 13.5. The number of benzene rings is 1. The van der Waals surface area contributed by atoms with E-state index in [2.05, 4.69) is 4.98 Å². The molecule has 28 heavy (non-hydrogen) atoms. The van der Waals surface area contributed by atoms with Crippen LogP contribution < -0.4 is 4.90 Å². The second-order valence-electron chi connectivity index (χ2n) is 6.34. The molecule has 3 heterocycles. The van der Waals surface area contributed by atoms with E-state index in [4.69, 9.17) is 0 Å². The highest BCUT2D eigenvalue weighted by molar-refractivity contribution is 7.12. The van der Waals surface area contributed by atoms with E-state index in [1.165, 1.54) is 40.5 Å². The summed E-state index contributed by atoms with van der Waals surface area (Å²) in [6, 6.07) is 13.1. The zero-order valence-corrected chi connectivity index (χ0v) is 15.6. The quantitative estimate of drug-likeness (QED) is 0.667. The number of hydrogen-bond donors (Lipinski definition) is 1. The Morgan fingerprint density at radius 1 is 1.14 bits per heavy atom. The summed E-state index contributed by atoms with van der Waals surface area (Å²) in [6.45, 7) is 1.78. The number of pyridine rings is 1. The van der Waals surface area contributed by atoms with Crippen LogP contribution in [0.25, 0.3) is 0 Å². The van der Waals surface area contributed by atoms with Gasteiger partial charge in [0.25, 0.3) is 5.91 Å². The summed E-state index contributed by atoms with van der Waals surface area (Å²) in [5.74, 6) is -1.90. The molecule has 1 amide bonds. The van der Waals surface area contributed by atoms with Gasteiger partial charge in [0.2, 0.25) is 5.78 Å². The maximum absolute atomic E-state index is 13.5. The molecule has 0 bridgehead atoms. The smallest absolute Gasteiger partial charge is 0.295 e. The van der Waals surface area contributed by atoms with Crippen LogP contribution in [-0.2, 0) is 4.79 Å². The Labute approximate surface area is 164 Å². The Kier molecular flexibility index (Phi) is 4.52. The summed E-state index contributed by atoms with van der Waals surface area (Å²) in [4.78, 5) is 32.0. The van der Waals surface area contributed by atoms with E-state index in [1.807, 2.05) is 0 Å². The molecule has 0 saturated heterocycles. The molecular weight excluding hydrogens is 379 g/mol. The molecule has 1 aromatic carbocycles. The van der Waals surface area contributed by atoms with E-state index in [0.29, 0.717) is 22.0 Å². The number of aliphatic hydroxyl groups excluding tert-OH is 1. The molecule has 7 heteroatoms. The van der Waals surface area contributed by atoms with E-state index < -0.39 is 29.3 Å². The average molecular weight is 394 g/mol. The molecule has 1 N–H and O–H groups in total. The maximum Gasteiger partial charge on any atom is 0.295 e. The first-order chi connectivity index (χ1) is 13.5. The van der Waals surface area contributed by atoms with Gasteiger partial charge in [-0.1, -0.05) is 24.3 Å². The number of aromatic nitrogens is 1. The Bertz CT molecular complexity index is 1090. The molecule has 0 aliphatic carbocycles. The summed E-state index contributed by atoms with van der Waals surface area (Å²) in [7, 11) is 0. The molecule has 3 aromatic rings. The second kappa shape index (κ2) is 7.01. The Morgan fingerprint density at radius 3 is 2.54 bits per heavy atom. The third-order valence-electron chi connectivity index (χ3n) is 4.50. The van der Waals surface area contributed by atoms with Crippen LogP contribution in [0.15, 0.2) is 71.3 Å². The minimum atomic E-state index is -0.906. The van der Waals surface area contributed by atoms with Crippen molar-refractivity contribution in [3.05, 3.63) is 93.3 Å². The Balaban J connectivity index is 1.89. The lowest BCUT2D eigenvalue weighted by molar-refractivity contribution is -0.117. The van der Waals surface area contributed by atoms with Gasteiger partial charge >= 0.3 is 0 Å². The highest BCUT2D eigenvalue weighted by Gasteiger charge is 2.45. The van der Waals surface area contributed by atoms with Gasteiger partial charge in [0, 0.05) is 5.69 Å². The number of rotatable bonds is 4. The number of amides is 1. The Morgan fingerprint density at radius 2 is 1.89 bits per heavy atom. The molecule has 0 spiro atoms. The largest absolute Gasteiger partial charge is 0.503 e. The van der Waals surface area contributed by atoms with Crippen molar-refractivity contribution in [3.63, 3.8) is 0 Å². The molecule has 2 aromatic heterocycles. The van der Waals surface area contributed by atoms with Crippen LogP contribution in [0.2, 0.25) is 0 Å². The van der Waals surface area contributed by atoms with Crippen LogP contribution >= 0.6 is 11.3 Å². The predicted molar refractivity (Wildman–Crippen MR) is 104 cm³/mol. The molecule has 0 unspecified atom stereocenters. The topological polar surface area (TPSA) is 70.5 Å². The predicted octanol–water partition coefficient (Wildman–Crippen LogP) is 4.37. The zero-order valence-electron chi connectivity index (χ0n) is 14.8. The number of anilines is 1. The molecule has 4 rings (SSSR count). The van der Waals surface area contributed by atoms with Crippen LogP contribution in [0.1, 0.15) is 27.0 Å². The SMILES string of the molecule is Cc1cccc(N2C(=O)C(O)=C(C(=O)c3cccs3)[C@H]2c2ccc(F)cc2)n1. The van der Waals surface area contributed by atoms with E-state index in [-0.39, 0.29) is 5.57 Å². The third kappa shape index (κ3) is 2.99. The van der Waals surface area contributed by atoms with Crippen LogP contribution in [0.5, 0.6) is 0 Å². The van der Waals surface area contributed by atoms with Crippen LogP contribution in [0.4, 0.5) is 10.2 Å². The molecule has 1 aliphatic heterocycles. The number of carbonyl (C=O) groups is 2. The normalized spacial score (nSPS) is 16.7. The molecule has 1 aliphatic rings. The molecule has 0 radical (unpaired) electrons. The zero-order chi connectivity index (χ0) is 19.8. The van der Waals surface area contributed by atoms with E-state index in [9.17, 15) is 19.1 Å². The fraction of sp³-hybridized carbons (Fsp3) is 0.0952. The van der Waals surface area contributed by atoms with Gasteiger partial charge in [-0.25, -0.2) is 9.37 Å². The van der Waals surface area contributed by atoms with Gasteiger partial charge in [-0.2, -0.15) is 0 Å². The molecule has 1 atom stereocenters. The van der Waals surface area contributed by atoms with Gasteiger partial charge in [0.05, 0.1) is 16.5 Å². The highest BCUT2D eigenvalue weighted by atomic mass is 32.1. The van der Waals surface area contributed by atoms with Gasteiger partial charge in [0.15, 0.2) is 5.76 Å². The van der Waals surface area contributed by atoms with Crippen molar-refractivity contribution in [2.45, 2.75) is 13.0 Å². The fourth-order valence-corrected chi connectivity index (χ4v) is 3.92. The first-order valence-electron chi connectivity index (χ1n) is 8.51. The molecule has 140 valence electrons. The van der Waals surface area contributed by atoms with Gasteiger partial charge in [0.1, 0.15) is 11.6 Å². The number of Topliss-reactive ketones (excluding diaryl/α,β-unsaturated/α-hetero) is 1. The van der Waals surface area contributed by atoms with E-state index in [1.54, 1.807) is 42.6 Å². The third-order valence-corrected chi connectivity index (χ3v) is 5.37. The maximum atomic E-state index is 13.5. The number of hydrogen-bond acceptors (Lipinski definition) is 5. The van der Waals surface area contributed by atoms with Crippen molar-refractivity contribution in [2.75, 3.05) is 4.90 Å². The first-order valence-corrected chi connectivity index (χ1v) is 9.39. The molecule has 5 nitrogen and oxygen atoms in total. The van der Waals surface area contributed by atoms with E-state index >= 15 is 0 Å². The molecule has 0 saturated carbocycles. The summed E-state index contributed by atoms with van der Waals surface area (Å²) in [5.41, 5.74) is 1.14. The van der Waals surface area contributed by atoms with Gasteiger partial charge in [-0.05, 0) is 48.2 Å². The first kappa shape index (κ1) is 18.1. The van der Waals surface area contributed by atoms with Gasteiger partial charge in [-0.15, -0.1) is 11.3 Å². The monoisotopic (exact) mass is 394 g/mol. The van der Waals surface area contributed by atoms with Crippen molar-refractivity contribution >= 4 is 28.8 Å². The van der Waals surface area contributed by atoms with Gasteiger partial charge in [-0.3, -0.25) is 14.5 Å². The molecule has 0 fully saturated rings. The minimum Gasteiger partial charge on any atom is -0.503 e. The van der Waals surface area contributed by atoms with Crippen LogP contribution in [0.3, 0.4) is 0 Å². The standard InChI is InChI=1S/C21H15FN2O3S/c1-12-4-2-6-16(23-12)24-18(13-7-9-14(22)10-8-13)17(20(26)21(24)27)19(25)15-5-3-11-28-15/h2-11,18,26H,1H3/t18-/m1/s1. The van der Waals surface area contributed by atoms with Crippen molar-refractivity contribution in [1.82, 2.24) is 4.98 Å². The number of carbonyl (C=O) groups excluding carboxylic acids is 2. The lowest BCUT2D eigenvalue weighted by Gasteiger charge is -2.26. The number of ketones is 1. The van der Waals surface area contributed by atoms with Crippen molar-refractivity contribution in [1.29, 1.82) is 0 Å². The van der Waals surface area contributed by atoms with Crippen molar-refractivity contribution in [2.24, 2.45) is 0 Å². The second-order valence-corrected chi connectivity index (χ2v) is 7.28. The Hall–Kier alpha value is -3.32. The van der Waals surface area contributed by atoms with Crippen LogP contribution in [-0.4, -0.2) is 21.8 Å².